The minimum atomic E-state index is 0.215. The predicted molar refractivity (Wildman–Crippen MR) is 75.6 cm³/mol. The van der Waals surface area contributed by atoms with E-state index in [4.69, 9.17) is 4.74 Å². The normalized spacial score (nSPS) is 14.1. The number of benzene rings is 2. The zero-order chi connectivity index (χ0) is 12.8. The lowest BCUT2D eigenvalue weighted by Gasteiger charge is -2.21. The Morgan fingerprint density at radius 1 is 0.833 bits per heavy atom. The van der Waals surface area contributed by atoms with Crippen LogP contribution in [-0.2, 0) is 11.3 Å². The molecule has 1 heteroatoms. The van der Waals surface area contributed by atoms with Crippen LogP contribution in [-0.4, -0.2) is 6.10 Å². The van der Waals surface area contributed by atoms with Crippen LogP contribution in [0.15, 0.2) is 60.7 Å². The van der Waals surface area contributed by atoms with Crippen LogP contribution in [0.25, 0.3) is 0 Å². The topological polar surface area (TPSA) is 9.23 Å². The first-order valence-corrected chi connectivity index (χ1v) is 6.48. The molecule has 2 unspecified atom stereocenters. The SMILES string of the molecule is CC(OCc1ccccc1)C(C)c1ccccc1. The third-order valence-corrected chi connectivity index (χ3v) is 3.39. The van der Waals surface area contributed by atoms with Gasteiger partial charge in [0.2, 0.25) is 0 Å². The number of hydrogen-bond donors (Lipinski definition) is 0. The van der Waals surface area contributed by atoms with E-state index in [0.29, 0.717) is 12.5 Å². The van der Waals surface area contributed by atoms with E-state index in [1.54, 1.807) is 0 Å². The Balaban J connectivity index is 1.90. The minimum absolute atomic E-state index is 0.215. The van der Waals surface area contributed by atoms with Crippen molar-refractivity contribution in [2.45, 2.75) is 32.5 Å². The maximum absolute atomic E-state index is 5.94. The molecular formula is C17H20O. The van der Waals surface area contributed by atoms with E-state index < -0.39 is 0 Å². The maximum Gasteiger partial charge on any atom is 0.0720 e. The van der Waals surface area contributed by atoms with Crippen molar-refractivity contribution >= 4 is 0 Å². The third-order valence-electron chi connectivity index (χ3n) is 3.39. The van der Waals surface area contributed by atoms with Gasteiger partial charge in [0, 0.05) is 5.92 Å². The molecule has 94 valence electrons. The Bertz CT molecular complexity index is 450. The molecule has 0 aromatic heterocycles. The lowest BCUT2D eigenvalue weighted by molar-refractivity contribution is 0.0383. The highest BCUT2D eigenvalue weighted by Crippen LogP contribution is 2.21. The molecular weight excluding hydrogens is 220 g/mol. The van der Waals surface area contributed by atoms with Crippen molar-refractivity contribution < 1.29 is 4.74 Å². The average Bonchev–Trinajstić information content (AvgIpc) is 2.46. The van der Waals surface area contributed by atoms with Crippen LogP contribution in [0.2, 0.25) is 0 Å². The van der Waals surface area contributed by atoms with Crippen molar-refractivity contribution in [1.82, 2.24) is 0 Å². The number of ether oxygens (including phenoxy) is 1. The highest BCUT2D eigenvalue weighted by atomic mass is 16.5. The van der Waals surface area contributed by atoms with Crippen molar-refractivity contribution in [3.63, 3.8) is 0 Å². The molecule has 18 heavy (non-hydrogen) atoms. The summed E-state index contributed by atoms with van der Waals surface area (Å²) in [4.78, 5) is 0. The highest BCUT2D eigenvalue weighted by Gasteiger charge is 2.14. The van der Waals surface area contributed by atoms with Crippen LogP contribution >= 0.6 is 0 Å². The van der Waals surface area contributed by atoms with Crippen molar-refractivity contribution in [3.05, 3.63) is 71.8 Å². The Morgan fingerprint density at radius 2 is 1.39 bits per heavy atom. The van der Waals surface area contributed by atoms with Gasteiger partial charge in [-0.15, -0.1) is 0 Å². The molecule has 0 fully saturated rings. The molecule has 0 aliphatic heterocycles. The predicted octanol–water partition coefficient (Wildman–Crippen LogP) is 4.40. The summed E-state index contributed by atoms with van der Waals surface area (Å²) in [6.45, 7) is 5.03. The van der Waals surface area contributed by atoms with Gasteiger partial charge in [-0.1, -0.05) is 67.6 Å². The van der Waals surface area contributed by atoms with Gasteiger partial charge in [0.1, 0.15) is 0 Å². The summed E-state index contributed by atoms with van der Waals surface area (Å²) < 4.78 is 5.94. The molecule has 2 aromatic carbocycles. The third kappa shape index (κ3) is 3.44. The first-order valence-electron chi connectivity index (χ1n) is 6.48. The molecule has 0 saturated carbocycles. The Hall–Kier alpha value is -1.60. The average molecular weight is 240 g/mol. The molecule has 0 aliphatic rings. The van der Waals surface area contributed by atoms with Crippen molar-refractivity contribution in [2.24, 2.45) is 0 Å². The maximum atomic E-state index is 5.94. The molecule has 0 radical (unpaired) electrons. The van der Waals surface area contributed by atoms with E-state index in [0.717, 1.165) is 0 Å². The van der Waals surface area contributed by atoms with Gasteiger partial charge in [-0.25, -0.2) is 0 Å². The van der Waals surface area contributed by atoms with Crippen LogP contribution in [0, 0.1) is 0 Å². The van der Waals surface area contributed by atoms with E-state index in [-0.39, 0.29) is 6.10 Å². The van der Waals surface area contributed by atoms with Crippen LogP contribution in [0.5, 0.6) is 0 Å². The smallest absolute Gasteiger partial charge is 0.0720 e. The fraction of sp³-hybridized carbons (Fsp3) is 0.294. The zero-order valence-electron chi connectivity index (χ0n) is 11.0. The standard InChI is InChI=1S/C17H20O/c1-14(17-11-7-4-8-12-17)15(2)18-13-16-9-5-3-6-10-16/h3-12,14-15H,13H2,1-2H3. The van der Waals surface area contributed by atoms with Crippen LogP contribution in [0.4, 0.5) is 0 Å². The molecule has 0 saturated heterocycles. The summed E-state index contributed by atoms with van der Waals surface area (Å²) in [6.07, 6.45) is 0.215. The molecule has 0 N–H and O–H groups in total. The van der Waals surface area contributed by atoms with Gasteiger partial charge < -0.3 is 4.74 Å². The first kappa shape index (κ1) is 12.8. The Labute approximate surface area is 109 Å². The van der Waals surface area contributed by atoms with E-state index >= 15 is 0 Å². The summed E-state index contributed by atoms with van der Waals surface area (Å²) in [6, 6.07) is 20.8. The molecule has 2 atom stereocenters. The molecule has 1 nitrogen and oxygen atoms in total. The molecule has 0 aliphatic carbocycles. The first-order chi connectivity index (χ1) is 8.77. The quantitative estimate of drug-likeness (QED) is 0.753. The van der Waals surface area contributed by atoms with Gasteiger partial charge in [0.25, 0.3) is 0 Å². The number of rotatable bonds is 5. The fourth-order valence-corrected chi connectivity index (χ4v) is 1.97. The summed E-state index contributed by atoms with van der Waals surface area (Å²) in [7, 11) is 0. The summed E-state index contributed by atoms with van der Waals surface area (Å²) in [5.41, 5.74) is 2.56. The summed E-state index contributed by atoms with van der Waals surface area (Å²) >= 11 is 0. The Morgan fingerprint density at radius 3 is 2.00 bits per heavy atom. The van der Waals surface area contributed by atoms with Crippen molar-refractivity contribution in [3.8, 4) is 0 Å². The van der Waals surface area contributed by atoms with E-state index in [1.165, 1.54) is 11.1 Å². The van der Waals surface area contributed by atoms with Crippen LogP contribution in [0.3, 0.4) is 0 Å². The monoisotopic (exact) mass is 240 g/mol. The molecule has 2 rings (SSSR count). The molecule has 0 spiro atoms. The summed E-state index contributed by atoms with van der Waals surface area (Å²) in [5.74, 6) is 0.412. The summed E-state index contributed by atoms with van der Waals surface area (Å²) in [5, 5.41) is 0. The second-order valence-corrected chi connectivity index (χ2v) is 4.70. The van der Waals surface area contributed by atoms with E-state index in [9.17, 15) is 0 Å². The second kappa shape index (κ2) is 6.36. The molecule has 2 aromatic rings. The van der Waals surface area contributed by atoms with Crippen LogP contribution in [0.1, 0.15) is 30.9 Å². The zero-order valence-corrected chi connectivity index (χ0v) is 11.0. The van der Waals surface area contributed by atoms with Gasteiger partial charge in [-0.3, -0.25) is 0 Å². The number of hydrogen-bond acceptors (Lipinski definition) is 1. The Kier molecular flexibility index (Phi) is 4.54. The largest absolute Gasteiger partial charge is 0.373 e. The van der Waals surface area contributed by atoms with E-state index in [1.807, 2.05) is 24.3 Å². The van der Waals surface area contributed by atoms with Crippen molar-refractivity contribution in [2.75, 3.05) is 0 Å². The highest BCUT2D eigenvalue weighted by molar-refractivity contribution is 5.20. The molecule has 0 bridgehead atoms. The molecule has 0 amide bonds. The lowest BCUT2D eigenvalue weighted by Crippen LogP contribution is -2.16. The van der Waals surface area contributed by atoms with Gasteiger partial charge in [-0.2, -0.15) is 0 Å². The molecule has 0 heterocycles. The van der Waals surface area contributed by atoms with Gasteiger partial charge in [-0.05, 0) is 18.1 Å². The fourth-order valence-electron chi connectivity index (χ4n) is 1.97. The van der Waals surface area contributed by atoms with Gasteiger partial charge >= 0.3 is 0 Å². The van der Waals surface area contributed by atoms with Gasteiger partial charge in [0.15, 0.2) is 0 Å². The lowest BCUT2D eigenvalue weighted by atomic mass is 9.96. The van der Waals surface area contributed by atoms with Gasteiger partial charge in [0.05, 0.1) is 12.7 Å². The van der Waals surface area contributed by atoms with Crippen LogP contribution < -0.4 is 0 Å². The second-order valence-electron chi connectivity index (χ2n) is 4.70. The van der Waals surface area contributed by atoms with E-state index in [2.05, 4.69) is 50.2 Å². The van der Waals surface area contributed by atoms with Crippen molar-refractivity contribution in [1.29, 1.82) is 0 Å². The minimum Gasteiger partial charge on any atom is -0.373 e.